The highest BCUT2D eigenvalue weighted by Gasteiger charge is 2.21. The minimum absolute atomic E-state index is 0.194. The predicted octanol–water partition coefficient (Wildman–Crippen LogP) is 3.22. The van der Waals surface area contributed by atoms with Gasteiger partial charge < -0.3 is 19.0 Å². The number of carbonyl (C=O) groups is 1. The lowest BCUT2D eigenvalue weighted by Gasteiger charge is -2.09. The van der Waals surface area contributed by atoms with Gasteiger partial charge in [0.2, 0.25) is 0 Å². The molecule has 106 valence electrons. The number of hydrogen-bond donors (Lipinski definition) is 1. The Hall–Kier alpha value is -2.43. The van der Waals surface area contributed by atoms with Crippen LogP contribution in [0.1, 0.15) is 22.8 Å². The summed E-state index contributed by atoms with van der Waals surface area (Å²) < 4.78 is 15.8. The van der Waals surface area contributed by atoms with E-state index in [0.29, 0.717) is 34.8 Å². The monoisotopic (exact) mass is 276 g/mol. The molecule has 0 aliphatic heterocycles. The highest BCUT2D eigenvalue weighted by molar-refractivity contribution is 5.96. The van der Waals surface area contributed by atoms with Gasteiger partial charge in [-0.1, -0.05) is 6.92 Å². The van der Waals surface area contributed by atoms with E-state index >= 15 is 0 Å². The molecule has 0 saturated carbocycles. The molecule has 20 heavy (non-hydrogen) atoms. The fourth-order valence-corrected chi connectivity index (χ4v) is 2.08. The SMILES string of the molecule is CCc1coc(-c2ccc(OC)c(OC)c2)c1C(=O)O. The summed E-state index contributed by atoms with van der Waals surface area (Å²) in [5.41, 5.74) is 1.50. The Morgan fingerprint density at radius 2 is 1.95 bits per heavy atom. The predicted molar refractivity (Wildman–Crippen MR) is 73.6 cm³/mol. The molecule has 0 radical (unpaired) electrons. The van der Waals surface area contributed by atoms with E-state index < -0.39 is 5.97 Å². The number of aryl methyl sites for hydroxylation is 1. The van der Waals surface area contributed by atoms with Gasteiger partial charge in [-0.3, -0.25) is 0 Å². The molecule has 0 amide bonds. The first-order chi connectivity index (χ1) is 9.62. The van der Waals surface area contributed by atoms with E-state index in [4.69, 9.17) is 13.9 Å². The molecule has 0 aliphatic carbocycles. The van der Waals surface area contributed by atoms with E-state index in [2.05, 4.69) is 0 Å². The van der Waals surface area contributed by atoms with E-state index in [0.717, 1.165) is 0 Å². The Balaban J connectivity index is 2.57. The summed E-state index contributed by atoms with van der Waals surface area (Å²) in [6.45, 7) is 1.88. The summed E-state index contributed by atoms with van der Waals surface area (Å²) in [5.74, 6) is 0.432. The molecule has 1 N–H and O–H groups in total. The maximum Gasteiger partial charge on any atom is 0.339 e. The summed E-state index contributed by atoms with van der Waals surface area (Å²) in [4.78, 5) is 11.4. The Bertz CT molecular complexity index is 627. The standard InChI is InChI=1S/C15H16O5/c1-4-9-8-20-14(13(9)15(16)17)10-5-6-11(18-2)12(7-10)19-3/h5-8H,4H2,1-3H3,(H,16,17). The Kier molecular flexibility index (Phi) is 3.98. The van der Waals surface area contributed by atoms with Crippen molar-refractivity contribution in [1.82, 2.24) is 0 Å². The molecule has 0 unspecified atom stereocenters. The number of benzene rings is 1. The maximum absolute atomic E-state index is 11.4. The topological polar surface area (TPSA) is 68.9 Å². The summed E-state index contributed by atoms with van der Waals surface area (Å²) in [7, 11) is 3.07. The number of rotatable bonds is 5. The zero-order chi connectivity index (χ0) is 14.7. The third-order valence-corrected chi connectivity index (χ3v) is 3.11. The highest BCUT2D eigenvalue weighted by atomic mass is 16.5. The van der Waals surface area contributed by atoms with Crippen LogP contribution in [0.15, 0.2) is 28.9 Å². The van der Waals surface area contributed by atoms with Crippen LogP contribution in [0.2, 0.25) is 0 Å². The zero-order valence-electron chi connectivity index (χ0n) is 11.6. The van der Waals surface area contributed by atoms with Crippen LogP contribution >= 0.6 is 0 Å². The molecular formula is C15H16O5. The molecule has 1 aromatic heterocycles. The number of hydrogen-bond acceptors (Lipinski definition) is 4. The lowest BCUT2D eigenvalue weighted by Crippen LogP contribution is -2.00. The maximum atomic E-state index is 11.4. The van der Waals surface area contributed by atoms with E-state index in [-0.39, 0.29) is 5.56 Å². The van der Waals surface area contributed by atoms with Crippen LogP contribution in [0.4, 0.5) is 0 Å². The van der Waals surface area contributed by atoms with Crippen LogP contribution in [0.25, 0.3) is 11.3 Å². The largest absolute Gasteiger partial charge is 0.493 e. The fraction of sp³-hybridized carbons (Fsp3) is 0.267. The van der Waals surface area contributed by atoms with Crippen molar-refractivity contribution in [3.63, 3.8) is 0 Å². The molecule has 5 heteroatoms. The second kappa shape index (κ2) is 5.69. The van der Waals surface area contributed by atoms with Crippen molar-refractivity contribution in [2.75, 3.05) is 14.2 Å². The number of furan rings is 1. The molecular weight excluding hydrogens is 260 g/mol. The quantitative estimate of drug-likeness (QED) is 0.908. The van der Waals surface area contributed by atoms with Crippen LogP contribution < -0.4 is 9.47 Å². The Labute approximate surface area is 116 Å². The van der Waals surface area contributed by atoms with Gasteiger partial charge in [-0.05, 0) is 24.6 Å². The minimum atomic E-state index is -1.000. The molecule has 1 heterocycles. The average molecular weight is 276 g/mol. The number of methoxy groups -OCH3 is 2. The summed E-state index contributed by atoms with van der Waals surface area (Å²) in [6, 6.07) is 5.16. The van der Waals surface area contributed by atoms with E-state index in [1.165, 1.54) is 13.4 Å². The average Bonchev–Trinajstić information content (AvgIpc) is 2.90. The molecule has 2 aromatic rings. The van der Waals surface area contributed by atoms with Gasteiger partial charge in [0, 0.05) is 11.1 Å². The van der Waals surface area contributed by atoms with Crippen molar-refractivity contribution < 1.29 is 23.8 Å². The second-order valence-electron chi connectivity index (χ2n) is 4.19. The van der Waals surface area contributed by atoms with Crippen LogP contribution in [-0.2, 0) is 6.42 Å². The number of carboxylic acid groups (broad SMARTS) is 1. The third kappa shape index (κ3) is 2.34. The lowest BCUT2D eigenvalue weighted by molar-refractivity contribution is 0.0696. The zero-order valence-corrected chi connectivity index (χ0v) is 11.6. The molecule has 0 spiro atoms. The van der Waals surface area contributed by atoms with Gasteiger partial charge >= 0.3 is 5.97 Å². The number of ether oxygens (including phenoxy) is 2. The number of carboxylic acids is 1. The van der Waals surface area contributed by atoms with Crippen molar-refractivity contribution in [1.29, 1.82) is 0 Å². The Morgan fingerprint density at radius 3 is 2.50 bits per heavy atom. The van der Waals surface area contributed by atoms with Crippen LogP contribution in [0.5, 0.6) is 11.5 Å². The third-order valence-electron chi connectivity index (χ3n) is 3.11. The van der Waals surface area contributed by atoms with Crippen molar-refractivity contribution in [2.45, 2.75) is 13.3 Å². The van der Waals surface area contributed by atoms with Gasteiger partial charge in [0.1, 0.15) is 11.3 Å². The first-order valence-electron chi connectivity index (χ1n) is 6.18. The van der Waals surface area contributed by atoms with Gasteiger partial charge in [-0.2, -0.15) is 0 Å². The van der Waals surface area contributed by atoms with Crippen LogP contribution in [-0.4, -0.2) is 25.3 Å². The summed E-state index contributed by atoms with van der Waals surface area (Å²) in [5, 5.41) is 9.34. The lowest BCUT2D eigenvalue weighted by atomic mass is 10.0. The van der Waals surface area contributed by atoms with Crippen LogP contribution in [0.3, 0.4) is 0 Å². The molecule has 0 atom stereocenters. The normalized spacial score (nSPS) is 10.3. The van der Waals surface area contributed by atoms with Gasteiger partial charge in [-0.25, -0.2) is 4.79 Å². The summed E-state index contributed by atoms with van der Waals surface area (Å²) in [6.07, 6.45) is 2.08. The van der Waals surface area contributed by atoms with Gasteiger partial charge in [0.25, 0.3) is 0 Å². The van der Waals surface area contributed by atoms with Crippen molar-refractivity contribution in [3.05, 3.63) is 35.6 Å². The minimum Gasteiger partial charge on any atom is -0.493 e. The van der Waals surface area contributed by atoms with Gasteiger partial charge in [0.15, 0.2) is 11.5 Å². The second-order valence-corrected chi connectivity index (χ2v) is 4.19. The van der Waals surface area contributed by atoms with E-state index in [1.807, 2.05) is 6.92 Å². The molecule has 5 nitrogen and oxygen atoms in total. The summed E-state index contributed by atoms with van der Waals surface area (Å²) >= 11 is 0. The van der Waals surface area contributed by atoms with Crippen molar-refractivity contribution in [3.8, 4) is 22.8 Å². The smallest absolute Gasteiger partial charge is 0.339 e. The molecule has 2 rings (SSSR count). The molecule has 1 aromatic carbocycles. The molecule has 0 aliphatic rings. The molecule has 0 saturated heterocycles. The highest BCUT2D eigenvalue weighted by Crippen LogP contribution is 2.35. The molecule has 0 fully saturated rings. The van der Waals surface area contributed by atoms with E-state index in [1.54, 1.807) is 25.3 Å². The number of aromatic carboxylic acids is 1. The molecule has 0 bridgehead atoms. The van der Waals surface area contributed by atoms with Crippen molar-refractivity contribution >= 4 is 5.97 Å². The van der Waals surface area contributed by atoms with Crippen molar-refractivity contribution in [2.24, 2.45) is 0 Å². The van der Waals surface area contributed by atoms with Crippen LogP contribution in [0, 0.1) is 0 Å². The first-order valence-corrected chi connectivity index (χ1v) is 6.18. The fourth-order valence-electron chi connectivity index (χ4n) is 2.08. The van der Waals surface area contributed by atoms with Gasteiger partial charge in [0.05, 0.1) is 20.5 Å². The van der Waals surface area contributed by atoms with Gasteiger partial charge in [-0.15, -0.1) is 0 Å². The Morgan fingerprint density at radius 1 is 1.25 bits per heavy atom. The van der Waals surface area contributed by atoms with E-state index in [9.17, 15) is 9.90 Å². The first kappa shape index (κ1) is 14.0.